The molecule has 24 heavy (non-hydrogen) atoms. The van der Waals surface area contributed by atoms with Crippen molar-refractivity contribution < 1.29 is 12.8 Å². The number of nitrogens with zero attached hydrogens (tertiary/aromatic N) is 2. The van der Waals surface area contributed by atoms with E-state index < -0.39 is 10.0 Å². The number of hydrogen-bond donors (Lipinski definition) is 1. The predicted molar refractivity (Wildman–Crippen MR) is 91.1 cm³/mol. The molecule has 128 valence electrons. The Bertz CT molecular complexity index is 817. The van der Waals surface area contributed by atoms with Gasteiger partial charge in [0, 0.05) is 25.3 Å². The van der Waals surface area contributed by atoms with Gasteiger partial charge in [-0.25, -0.2) is 22.5 Å². The highest BCUT2D eigenvalue weighted by Gasteiger charge is 2.28. The van der Waals surface area contributed by atoms with E-state index in [1.54, 1.807) is 20.0 Å². The van der Waals surface area contributed by atoms with E-state index in [0.717, 1.165) is 12.4 Å². The second-order valence-electron chi connectivity index (χ2n) is 6.11. The van der Waals surface area contributed by atoms with Gasteiger partial charge in [-0.05, 0) is 55.7 Å². The molecule has 1 saturated heterocycles. The van der Waals surface area contributed by atoms with Gasteiger partial charge in [0.1, 0.15) is 11.6 Å². The van der Waals surface area contributed by atoms with E-state index in [4.69, 9.17) is 0 Å². The molecule has 0 spiro atoms. The van der Waals surface area contributed by atoms with Crippen LogP contribution in [0.15, 0.2) is 41.4 Å². The first-order chi connectivity index (χ1) is 11.4. The van der Waals surface area contributed by atoms with Gasteiger partial charge in [-0.1, -0.05) is 6.07 Å². The molecule has 1 atom stereocenters. The van der Waals surface area contributed by atoms with Gasteiger partial charge in [-0.3, -0.25) is 0 Å². The predicted octanol–water partition coefficient (Wildman–Crippen LogP) is 2.39. The van der Waals surface area contributed by atoms with Crippen LogP contribution in [0.2, 0.25) is 0 Å². The minimum Gasteiger partial charge on any atom is -0.355 e. The second-order valence-corrected chi connectivity index (χ2v) is 7.83. The van der Waals surface area contributed by atoms with Crippen molar-refractivity contribution >= 4 is 15.8 Å². The van der Waals surface area contributed by atoms with Crippen LogP contribution in [-0.2, 0) is 10.0 Å². The molecule has 5 nitrogen and oxygen atoms in total. The van der Waals surface area contributed by atoms with E-state index in [0.29, 0.717) is 24.1 Å². The van der Waals surface area contributed by atoms with E-state index >= 15 is 0 Å². The normalized spacial score (nSPS) is 18.1. The van der Waals surface area contributed by atoms with Crippen molar-refractivity contribution in [3.63, 3.8) is 0 Å². The van der Waals surface area contributed by atoms with Crippen LogP contribution in [0, 0.1) is 19.7 Å². The first kappa shape index (κ1) is 16.9. The molecule has 3 rings (SSSR count). The molecule has 0 amide bonds. The monoisotopic (exact) mass is 349 g/mol. The number of hydrogen-bond acceptors (Lipinski definition) is 4. The summed E-state index contributed by atoms with van der Waals surface area (Å²) >= 11 is 0. The van der Waals surface area contributed by atoms with Crippen LogP contribution in [0.5, 0.6) is 0 Å². The van der Waals surface area contributed by atoms with Gasteiger partial charge in [0.15, 0.2) is 0 Å². The van der Waals surface area contributed by atoms with Gasteiger partial charge >= 0.3 is 0 Å². The van der Waals surface area contributed by atoms with Crippen LogP contribution in [0.1, 0.15) is 17.5 Å². The van der Waals surface area contributed by atoms with Crippen molar-refractivity contribution in [2.45, 2.75) is 31.2 Å². The summed E-state index contributed by atoms with van der Waals surface area (Å²) in [5.74, 6) is 0.476. The topological polar surface area (TPSA) is 62.3 Å². The summed E-state index contributed by atoms with van der Waals surface area (Å²) in [4.78, 5) is 6.45. The highest BCUT2D eigenvalue weighted by Crippen LogP contribution is 2.21. The lowest BCUT2D eigenvalue weighted by Crippen LogP contribution is -2.37. The third-order valence-electron chi connectivity index (χ3n) is 4.20. The van der Waals surface area contributed by atoms with Crippen molar-refractivity contribution in [2.24, 2.45) is 0 Å². The maximum atomic E-state index is 13.7. The molecule has 0 bridgehead atoms. The minimum absolute atomic E-state index is 0.107. The van der Waals surface area contributed by atoms with E-state index in [9.17, 15) is 12.8 Å². The maximum Gasteiger partial charge on any atom is 0.240 e. The molecule has 7 heteroatoms. The van der Waals surface area contributed by atoms with Gasteiger partial charge in [-0.2, -0.15) is 0 Å². The molecule has 1 aliphatic heterocycles. The highest BCUT2D eigenvalue weighted by molar-refractivity contribution is 7.89. The molecule has 0 aliphatic carbocycles. The van der Waals surface area contributed by atoms with E-state index in [-0.39, 0.29) is 16.8 Å². The summed E-state index contributed by atoms with van der Waals surface area (Å²) in [7, 11) is -3.67. The summed E-state index contributed by atoms with van der Waals surface area (Å²) in [6.07, 6.45) is 2.42. The summed E-state index contributed by atoms with van der Waals surface area (Å²) in [6.45, 7) is 4.44. The molecule has 1 fully saturated rings. The molecule has 1 aliphatic rings. The van der Waals surface area contributed by atoms with Crippen molar-refractivity contribution in [2.75, 3.05) is 18.0 Å². The Labute approximate surface area is 141 Å². The summed E-state index contributed by atoms with van der Waals surface area (Å²) in [5, 5.41) is 0. The Hall–Kier alpha value is -1.99. The van der Waals surface area contributed by atoms with Crippen LogP contribution in [0.3, 0.4) is 0 Å². The van der Waals surface area contributed by atoms with Crippen LogP contribution >= 0.6 is 0 Å². The molecule has 1 aromatic carbocycles. The van der Waals surface area contributed by atoms with E-state index in [1.165, 1.54) is 12.1 Å². The fraction of sp³-hybridized carbons (Fsp3) is 0.353. The first-order valence-electron chi connectivity index (χ1n) is 7.82. The molecular formula is C17H20FN3O2S. The number of pyridine rings is 1. The quantitative estimate of drug-likeness (QED) is 0.921. The smallest absolute Gasteiger partial charge is 0.240 e. The van der Waals surface area contributed by atoms with Gasteiger partial charge in [0.05, 0.1) is 4.90 Å². The van der Waals surface area contributed by atoms with Gasteiger partial charge < -0.3 is 4.90 Å². The lowest BCUT2D eigenvalue weighted by Gasteiger charge is -2.18. The number of rotatable bonds is 4. The van der Waals surface area contributed by atoms with Crippen LogP contribution in [0.4, 0.5) is 10.2 Å². The molecule has 1 aromatic heterocycles. The zero-order chi connectivity index (χ0) is 17.3. The number of anilines is 1. The average molecular weight is 349 g/mol. The van der Waals surface area contributed by atoms with Crippen molar-refractivity contribution in [1.82, 2.24) is 9.71 Å². The van der Waals surface area contributed by atoms with Crippen LogP contribution in [0.25, 0.3) is 0 Å². The molecule has 0 radical (unpaired) electrons. The summed E-state index contributed by atoms with van der Waals surface area (Å²) in [5.41, 5.74) is 0.661. The van der Waals surface area contributed by atoms with Gasteiger partial charge in [0.25, 0.3) is 0 Å². The average Bonchev–Trinajstić information content (AvgIpc) is 3.00. The van der Waals surface area contributed by atoms with Crippen LogP contribution in [-0.4, -0.2) is 32.5 Å². The van der Waals surface area contributed by atoms with Crippen LogP contribution < -0.4 is 9.62 Å². The lowest BCUT2D eigenvalue weighted by atomic mass is 10.1. The third kappa shape index (κ3) is 3.42. The van der Waals surface area contributed by atoms with E-state index in [1.807, 2.05) is 23.1 Å². The number of nitrogens with one attached hydrogen (secondary N) is 1. The molecule has 2 heterocycles. The minimum atomic E-state index is -3.67. The summed E-state index contributed by atoms with van der Waals surface area (Å²) in [6, 6.07) is 8.21. The SMILES string of the molecule is Cc1cc(S(=O)(=O)N[C@@H]2CCN(c3ccccn3)C2)cc(C)c1F. The lowest BCUT2D eigenvalue weighted by molar-refractivity contribution is 0.560. The Morgan fingerprint density at radius 1 is 1.25 bits per heavy atom. The zero-order valence-corrected chi connectivity index (χ0v) is 14.5. The Balaban J connectivity index is 1.74. The number of halogens is 1. The highest BCUT2D eigenvalue weighted by atomic mass is 32.2. The molecule has 2 aromatic rings. The second kappa shape index (κ2) is 6.49. The van der Waals surface area contributed by atoms with Gasteiger partial charge in [0.2, 0.25) is 10.0 Å². The largest absolute Gasteiger partial charge is 0.355 e. The zero-order valence-electron chi connectivity index (χ0n) is 13.7. The first-order valence-corrected chi connectivity index (χ1v) is 9.30. The number of aromatic nitrogens is 1. The Morgan fingerprint density at radius 3 is 2.58 bits per heavy atom. The maximum absolute atomic E-state index is 13.7. The summed E-state index contributed by atoms with van der Waals surface area (Å²) < 4.78 is 41.6. The van der Waals surface area contributed by atoms with Crippen molar-refractivity contribution in [3.05, 3.63) is 53.5 Å². The van der Waals surface area contributed by atoms with E-state index in [2.05, 4.69) is 9.71 Å². The number of sulfonamides is 1. The third-order valence-corrected chi connectivity index (χ3v) is 5.70. The van der Waals surface area contributed by atoms with Gasteiger partial charge in [-0.15, -0.1) is 0 Å². The Kier molecular flexibility index (Phi) is 4.56. The van der Waals surface area contributed by atoms with Crippen molar-refractivity contribution in [3.8, 4) is 0 Å². The molecule has 0 unspecified atom stereocenters. The Morgan fingerprint density at radius 2 is 1.96 bits per heavy atom. The fourth-order valence-electron chi connectivity index (χ4n) is 2.95. The molecule has 1 N–H and O–H groups in total. The number of benzene rings is 1. The number of aryl methyl sites for hydroxylation is 2. The molecular weight excluding hydrogens is 329 g/mol. The van der Waals surface area contributed by atoms with Crippen molar-refractivity contribution in [1.29, 1.82) is 0 Å². The molecule has 0 saturated carbocycles. The standard InChI is InChI=1S/C17H20FN3O2S/c1-12-9-15(10-13(2)17(12)18)24(22,23)20-14-6-8-21(11-14)16-5-3-4-7-19-16/h3-5,7,9-10,14,20H,6,8,11H2,1-2H3/t14-/m1/s1. The fourth-order valence-corrected chi connectivity index (χ4v) is 4.39.